The molecule has 0 radical (unpaired) electrons. The average Bonchev–Trinajstić information content (AvgIpc) is 2.76. The lowest BCUT2D eigenvalue weighted by Crippen LogP contribution is -2.17. The number of carbonyl (C=O) groups excluding carboxylic acids is 1. The van der Waals surface area contributed by atoms with E-state index >= 15 is 0 Å². The summed E-state index contributed by atoms with van der Waals surface area (Å²) in [6, 6.07) is 22.0. The quantitative estimate of drug-likeness (QED) is 0.413. The summed E-state index contributed by atoms with van der Waals surface area (Å²) in [5, 5.41) is 21.9. The number of nitrogens with zero attached hydrogens (tertiary/aromatic N) is 1. The fourth-order valence-corrected chi connectivity index (χ4v) is 2.83. The van der Waals surface area contributed by atoms with Gasteiger partial charge in [-0.3, -0.25) is 9.63 Å². The molecule has 3 aromatic rings. The predicted octanol–water partition coefficient (Wildman–Crippen LogP) is 3.66. The summed E-state index contributed by atoms with van der Waals surface area (Å²) < 4.78 is 5.85. The van der Waals surface area contributed by atoms with Gasteiger partial charge in [-0.1, -0.05) is 42.5 Å². The first-order chi connectivity index (χ1) is 14.6. The Bertz CT molecular complexity index is 992. The molecule has 1 unspecified atom stereocenters. The maximum absolute atomic E-state index is 12.7. The van der Waals surface area contributed by atoms with E-state index in [1.54, 1.807) is 24.3 Å². The van der Waals surface area contributed by atoms with Crippen molar-refractivity contribution in [1.29, 1.82) is 0 Å². The molecule has 0 saturated heterocycles. The molecule has 0 spiro atoms. The lowest BCUT2D eigenvalue weighted by atomic mass is 10.0. The average molecular weight is 408 g/mol. The van der Waals surface area contributed by atoms with Crippen molar-refractivity contribution < 1.29 is 24.6 Å². The van der Waals surface area contributed by atoms with Crippen molar-refractivity contribution in [2.24, 2.45) is 0 Å². The summed E-state index contributed by atoms with van der Waals surface area (Å²) in [4.78, 5) is 27.4. The molecule has 8 heteroatoms. The number of ether oxygens (including phenoxy) is 1. The van der Waals surface area contributed by atoms with E-state index < -0.39 is 11.0 Å². The van der Waals surface area contributed by atoms with Crippen molar-refractivity contribution in [3.63, 3.8) is 0 Å². The maximum Gasteiger partial charge on any atom is 0.299 e. The third kappa shape index (κ3) is 5.55. The highest BCUT2D eigenvalue weighted by Crippen LogP contribution is 2.23. The Hall–Kier alpha value is -3.91. The highest BCUT2D eigenvalue weighted by atomic mass is 17.0. The largest absolute Gasteiger partial charge is 0.492 e. The second-order valence-corrected chi connectivity index (χ2v) is 6.39. The standard InChI is InChI=1S/C22H20N2O6/c25-14-17(16-6-2-1-3-7-16)15-29-21-9-5-4-8-20(21)22(26)23-18-10-12-19(13-11-18)30-24(27)28/h1-13,17,25H,14-15H2,(H,23,26). The maximum atomic E-state index is 12.7. The second-order valence-electron chi connectivity index (χ2n) is 6.39. The van der Waals surface area contributed by atoms with Gasteiger partial charge in [-0.2, -0.15) is 0 Å². The van der Waals surface area contributed by atoms with E-state index in [1.807, 2.05) is 30.3 Å². The Morgan fingerprint density at radius 2 is 1.67 bits per heavy atom. The highest BCUT2D eigenvalue weighted by molar-refractivity contribution is 6.06. The number of carbonyl (C=O) groups is 1. The molecule has 0 aromatic heterocycles. The Morgan fingerprint density at radius 1 is 1.00 bits per heavy atom. The minimum atomic E-state index is -0.906. The molecule has 0 fully saturated rings. The topological polar surface area (TPSA) is 111 Å². The third-order valence-corrected chi connectivity index (χ3v) is 4.36. The summed E-state index contributed by atoms with van der Waals surface area (Å²) in [6.07, 6.45) is 0. The zero-order valence-corrected chi connectivity index (χ0v) is 15.9. The number of hydrogen-bond acceptors (Lipinski definition) is 6. The highest BCUT2D eigenvalue weighted by Gasteiger charge is 2.16. The number of hydrogen-bond donors (Lipinski definition) is 2. The molecular formula is C22H20N2O6. The van der Waals surface area contributed by atoms with E-state index in [-0.39, 0.29) is 24.9 Å². The molecular weight excluding hydrogens is 388 g/mol. The molecule has 8 nitrogen and oxygen atoms in total. The summed E-state index contributed by atoms with van der Waals surface area (Å²) in [5.74, 6) is -0.180. The van der Waals surface area contributed by atoms with Crippen LogP contribution in [0.25, 0.3) is 0 Å². The van der Waals surface area contributed by atoms with Crippen LogP contribution in [0.5, 0.6) is 11.5 Å². The number of amides is 1. The van der Waals surface area contributed by atoms with Crippen LogP contribution in [0.2, 0.25) is 0 Å². The number of para-hydroxylation sites is 1. The van der Waals surface area contributed by atoms with E-state index in [0.717, 1.165) is 5.56 Å². The van der Waals surface area contributed by atoms with E-state index in [4.69, 9.17) is 4.74 Å². The van der Waals surface area contributed by atoms with Crippen LogP contribution in [0, 0.1) is 10.1 Å². The van der Waals surface area contributed by atoms with Gasteiger partial charge >= 0.3 is 0 Å². The third-order valence-electron chi connectivity index (χ3n) is 4.36. The number of aliphatic hydroxyl groups is 1. The van der Waals surface area contributed by atoms with Crippen LogP contribution < -0.4 is 14.9 Å². The second kappa shape index (κ2) is 10.0. The minimum absolute atomic E-state index is 0.0534. The van der Waals surface area contributed by atoms with E-state index in [1.165, 1.54) is 24.3 Å². The summed E-state index contributed by atoms with van der Waals surface area (Å²) in [7, 11) is 0. The molecule has 0 heterocycles. The molecule has 0 bridgehead atoms. The molecule has 1 amide bonds. The molecule has 2 N–H and O–H groups in total. The van der Waals surface area contributed by atoms with E-state index in [0.29, 0.717) is 17.0 Å². The zero-order chi connectivity index (χ0) is 21.3. The molecule has 0 saturated carbocycles. The summed E-state index contributed by atoms with van der Waals surface area (Å²) in [5.41, 5.74) is 1.72. The van der Waals surface area contributed by atoms with Crippen LogP contribution in [0.1, 0.15) is 21.8 Å². The lowest BCUT2D eigenvalue weighted by Gasteiger charge is -2.17. The van der Waals surface area contributed by atoms with Gasteiger partial charge < -0.3 is 15.2 Å². The van der Waals surface area contributed by atoms with E-state index in [2.05, 4.69) is 10.2 Å². The Kier molecular flexibility index (Phi) is 6.96. The first kappa shape index (κ1) is 20.8. The SMILES string of the molecule is O=C(Nc1ccc(O[N+](=O)[O-])cc1)c1ccccc1OCC(CO)c1ccccc1. The van der Waals surface area contributed by atoms with Gasteiger partial charge in [0.25, 0.3) is 11.0 Å². The van der Waals surface area contributed by atoms with Crippen LogP contribution >= 0.6 is 0 Å². The lowest BCUT2D eigenvalue weighted by molar-refractivity contribution is -0.711. The van der Waals surface area contributed by atoms with Gasteiger partial charge in [-0.25, -0.2) is 0 Å². The minimum Gasteiger partial charge on any atom is -0.492 e. The van der Waals surface area contributed by atoms with Crippen LogP contribution in [-0.4, -0.2) is 29.3 Å². The molecule has 0 aliphatic rings. The van der Waals surface area contributed by atoms with Crippen LogP contribution in [0.3, 0.4) is 0 Å². The molecule has 0 aliphatic carbocycles. The van der Waals surface area contributed by atoms with Gasteiger partial charge in [0, 0.05) is 11.6 Å². The number of aliphatic hydroxyl groups excluding tert-OH is 1. The number of benzene rings is 3. The first-order valence-electron chi connectivity index (χ1n) is 9.18. The van der Waals surface area contributed by atoms with Crippen LogP contribution in [0.15, 0.2) is 78.9 Å². The molecule has 1 atom stereocenters. The number of nitrogens with one attached hydrogen (secondary N) is 1. The summed E-state index contributed by atoms with van der Waals surface area (Å²) in [6.45, 7) is 0.120. The van der Waals surface area contributed by atoms with Crippen molar-refractivity contribution in [2.45, 2.75) is 5.92 Å². The number of anilines is 1. The Balaban J connectivity index is 1.68. The van der Waals surface area contributed by atoms with Gasteiger partial charge in [0.15, 0.2) is 0 Å². The van der Waals surface area contributed by atoms with Gasteiger partial charge in [0.05, 0.1) is 18.8 Å². The normalized spacial score (nSPS) is 11.4. The molecule has 30 heavy (non-hydrogen) atoms. The van der Waals surface area contributed by atoms with Crippen molar-refractivity contribution in [2.75, 3.05) is 18.5 Å². The monoisotopic (exact) mass is 408 g/mol. The molecule has 154 valence electrons. The first-order valence-corrected chi connectivity index (χ1v) is 9.18. The fourth-order valence-electron chi connectivity index (χ4n) is 2.83. The Labute approximate surface area is 172 Å². The Morgan fingerprint density at radius 3 is 2.33 bits per heavy atom. The van der Waals surface area contributed by atoms with E-state index in [9.17, 15) is 20.0 Å². The van der Waals surface area contributed by atoms with Crippen molar-refractivity contribution >= 4 is 11.6 Å². The smallest absolute Gasteiger partial charge is 0.299 e. The molecule has 3 rings (SSSR count). The van der Waals surface area contributed by atoms with Gasteiger partial charge in [0.1, 0.15) is 11.5 Å². The zero-order valence-electron chi connectivity index (χ0n) is 15.9. The van der Waals surface area contributed by atoms with Crippen molar-refractivity contribution in [1.82, 2.24) is 0 Å². The fraction of sp³-hybridized carbons (Fsp3) is 0.136. The van der Waals surface area contributed by atoms with Gasteiger partial charge in [0.2, 0.25) is 0 Å². The molecule has 3 aromatic carbocycles. The molecule has 0 aliphatic heterocycles. The van der Waals surface area contributed by atoms with Crippen molar-refractivity contribution in [3.8, 4) is 11.5 Å². The summed E-state index contributed by atoms with van der Waals surface area (Å²) >= 11 is 0. The predicted molar refractivity (Wildman–Crippen MR) is 110 cm³/mol. The van der Waals surface area contributed by atoms with Crippen molar-refractivity contribution in [3.05, 3.63) is 100 Å². The van der Waals surface area contributed by atoms with Gasteiger partial charge in [-0.15, -0.1) is 10.1 Å². The number of rotatable bonds is 9. The van der Waals surface area contributed by atoms with Crippen LogP contribution in [-0.2, 0) is 0 Å². The van der Waals surface area contributed by atoms with Gasteiger partial charge in [-0.05, 0) is 42.0 Å². The van der Waals surface area contributed by atoms with Crippen LogP contribution in [0.4, 0.5) is 5.69 Å².